The average molecular weight is 413 g/mol. The molecule has 0 bridgehead atoms. The van der Waals surface area contributed by atoms with Crippen LogP contribution in [-0.4, -0.2) is 18.3 Å². The van der Waals surface area contributed by atoms with Crippen LogP contribution in [-0.2, 0) is 0 Å². The fourth-order valence-corrected chi connectivity index (χ4v) is 4.84. The van der Waals surface area contributed by atoms with Crippen molar-refractivity contribution in [2.75, 3.05) is 11.4 Å². The minimum Gasteiger partial charge on any atom is -0.366 e. The molecule has 138 valence electrons. The van der Waals surface area contributed by atoms with Crippen molar-refractivity contribution in [3.05, 3.63) is 57.1 Å². The van der Waals surface area contributed by atoms with Gasteiger partial charge in [-0.15, -0.1) is 0 Å². The Morgan fingerprint density at radius 2 is 1.96 bits per heavy atom. The minimum atomic E-state index is 0.204. The second-order valence-electron chi connectivity index (χ2n) is 8.14. The molecule has 0 saturated carbocycles. The van der Waals surface area contributed by atoms with Gasteiger partial charge in [0, 0.05) is 28.5 Å². The number of halogens is 1. The molecule has 0 fully saturated rings. The Balaban J connectivity index is 2.01. The first-order valence-corrected chi connectivity index (χ1v) is 10.2. The number of hydrogen-bond donors (Lipinski definition) is 0. The van der Waals surface area contributed by atoms with E-state index >= 15 is 0 Å². The maximum Gasteiger partial charge on any atom is 0.0772 e. The van der Waals surface area contributed by atoms with Crippen LogP contribution >= 0.6 is 15.9 Å². The maximum atomic E-state index is 4.73. The molecular formula is C23H29BrN2. The van der Waals surface area contributed by atoms with Crippen molar-refractivity contribution in [2.45, 2.75) is 59.4 Å². The summed E-state index contributed by atoms with van der Waals surface area (Å²) in [4.78, 5) is 7.28. The molecular weight excluding hydrogens is 384 g/mol. The van der Waals surface area contributed by atoms with Crippen LogP contribution in [0.4, 0.5) is 11.4 Å². The smallest absolute Gasteiger partial charge is 0.0772 e. The van der Waals surface area contributed by atoms with Gasteiger partial charge in [-0.3, -0.25) is 4.99 Å². The van der Waals surface area contributed by atoms with E-state index in [2.05, 4.69) is 92.7 Å². The number of benzene rings is 2. The number of fused-ring (bicyclic) bond motifs is 1. The van der Waals surface area contributed by atoms with E-state index in [9.17, 15) is 0 Å². The van der Waals surface area contributed by atoms with E-state index in [1.165, 1.54) is 34.4 Å². The molecule has 1 heterocycles. The number of rotatable bonds is 3. The summed E-state index contributed by atoms with van der Waals surface area (Å²) in [6, 6.07) is 11.0. The van der Waals surface area contributed by atoms with Gasteiger partial charge in [-0.05, 0) is 109 Å². The summed E-state index contributed by atoms with van der Waals surface area (Å²) in [5.74, 6) is 0.557. The van der Waals surface area contributed by atoms with Gasteiger partial charge in [0.05, 0.1) is 5.69 Å². The summed E-state index contributed by atoms with van der Waals surface area (Å²) in [5.41, 5.74) is 7.73. The highest BCUT2D eigenvalue weighted by Gasteiger charge is 2.35. The Morgan fingerprint density at radius 1 is 1.23 bits per heavy atom. The molecule has 1 aliphatic heterocycles. The number of aryl methyl sites for hydroxylation is 2. The second-order valence-corrected chi connectivity index (χ2v) is 9.00. The number of anilines is 1. The van der Waals surface area contributed by atoms with E-state index in [1.807, 2.05) is 6.21 Å². The van der Waals surface area contributed by atoms with Gasteiger partial charge in [0.2, 0.25) is 0 Å². The topological polar surface area (TPSA) is 15.6 Å². The molecule has 1 unspecified atom stereocenters. The first kappa shape index (κ1) is 19.2. The van der Waals surface area contributed by atoms with Gasteiger partial charge in [0.25, 0.3) is 0 Å². The van der Waals surface area contributed by atoms with Crippen molar-refractivity contribution in [1.82, 2.24) is 0 Å². The van der Waals surface area contributed by atoms with Crippen LogP contribution in [0.15, 0.2) is 39.8 Å². The van der Waals surface area contributed by atoms with Crippen LogP contribution in [0, 0.1) is 13.8 Å². The molecule has 2 nitrogen and oxygen atoms in total. The van der Waals surface area contributed by atoms with Gasteiger partial charge in [0.15, 0.2) is 0 Å². The standard InChI is InChI=1S/C23H29BrN2/c1-7-26-22-11-16(3)18(12-19(22)17(4)13-23(26,5)6)14-25-21-9-8-15(2)10-20(21)24/h8-12,14,17H,7,13H2,1-6H3. The quantitative estimate of drug-likeness (QED) is 0.498. The Bertz CT molecular complexity index is 852. The Labute approximate surface area is 166 Å². The summed E-state index contributed by atoms with van der Waals surface area (Å²) >= 11 is 3.62. The normalized spacial score (nSPS) is 19.0. The summed E-state index contributed by atoms with van der Waals surface area (Å²) in [6.07, 6.45) is 3.19. The van der Waals surface area contributed by atoms with Crippen molar-refractivity contribution in [3.63, 3.8) is 0 Å². The van der Waals surface area contributed by atoms with Crippen molar-refractivity contribution in [1.29, 1.82) is 0 Å². The highest BCUT2D eigenvalue weighted by molar-refractivity contribution is 9.10. The van der Waals surface area contributed by atoms with Gasteiger partial charge in [0.1, 0.15) is 0 Å². The molecule has 0 spiro atoms. The van der Waals surface area contributed by atoms with Crippen molar-refractivity contribution in [3.8, 4) is 0 Å². The van der Waals surface area contributed by atoms with E-state index < -0.39 is 0 Å². The molecule has 3 heteroatoms. The molecule has 0 aliphatic carbocycles. The van der Waals surface area contributed by atoms with Crippen molar-refractivity contribution in [2.24, 2.45) is 4.99 Å². The predicted octanol–water partition coefficient (Wildman–Crippen LogP) is 6.93. The predicted molar refractivity (Wildman–Crippen MR) is 117 cm³/mol. The zero-order valence-electron chi connectivity index (χ0n) is 16.7. The van der Waals surface area contributed by atoms with Gasteiger partial charge in [-0.1, -0.05) is 13.0 Å². The number of hydrogen-bond acceptors (Lipinski definition) is 2. The Hall–Kier alpha value is -1.61. The molecule has 3 rings (SSSR count). The third-order valence-electron chi connectivity index (χ3n) is 5.54. The average Bonchev–Trinajstić information content (AvgIpc) is 2.54. The first-order valence-electron chi connectivity index (χ1n) is 9.45. The molecule has 0 radical (unpaired) electrons. The first-order chi connectivity index (χ1) is 12.2. The molecule has 1 aliphatic rings. The fraction of sp³-hybridized carbons (Fsp3) is 0.435. The van der Waals surface area contributed by atoms with Crippen LogP contribution in [0.3, 0.4) is 0 Å². The van der Waals surface area contributed by atoms with E-state index in [1.54, 1.807) is 0 Å². The third-order valence-corrected chi connectivity index (χ3v) is 6.17. The molecule has 2 aromatic rings. The lowest BCUT2D eigenvalue weighted by Crippen LogP contribution is -2.48. The van der Waals surface area contributed by atoms with Gasteiger partial charge < -0.3 is 4.90 Å². The highest BCUT2D eigenvalue weighted by atomic mass is 79.9. The van der Waals surface area contributed by atoms with E-state index in [-0.39, 0.29) is 5.54 Å². The zero-order valence-corrected chi connectivity index (χ0v) is 18.3. The zero-order chi connectivity index (χ0) is 19.1. The minimum absolute atomic E-state index is 0.204. The van der Waals surface area contributed by atoms with Crippen LogP contribution in [0.1, 0.15) is 62.3 Å². The molecule has 0 N–H and O–H groups in total. The summed E-state index contributed by atoms with van der Waals surface area (Å²) in [6.45, 7) is 14.6. The van der Waals surface area contributed by atoms with E-state index in [0.717, 1.165) is 16.7 Å². The molecule has 26 heavy (non-hydrogen) atoms. The third kappa shape index (κ3) is 3.59. The van der Waals surface area contributed by atoms with Crippen LogP contribution in [0.25, 0.3) is 0 Å². The SMILES string of the molecule is CCN1c2cc(C)c(C=Nc3ccc(C)cc3Br)cc2C(C)CC1(C)C. The lowest BCUT2D eigenvalue weighted by atomic mass is 9.79. The molecule has 0 saturated heterocycles. The van der Waals surface area contributed by atoms with Crippen LogP contribution in [0.2, 0.25) is 0 Å². The Morgan fingerprint density at radius 3 is 2.62 bits per heavy atom. The van der Waals surface area contributed by atoms with Crippen LogP contribution in [0.5, 0.6) is 0 Å². The molecule has 2 aromatic carbocycles. The van der Waals surface area contributed by atoms with Crippen molar-refractivity contribution < 1.29 is 0 Å². The van der Waals surface area contributed by atoms with Crippen LogP contribution < -0.4 is 4.90 Å². The Kier molecular flexibility index (Phi) is 5.30. The molecule has 0 amide bonds. The monoisotopic (exact) mass is 412 g/mol. The summed E-state index contributed by atoms with van der Waals surface area (Å²) < 4.78 is 1.04. The highest BCUT2D eigenvalue weighted by Crippen LogP contribution is 2.44. The number of nitrogens with zero attached hydrogens (tertiary/aromatic N) is 2. The fourth-order valence-electron chi connectivity index (χ4n) is 4.24. The van der Waals surface area contributed by atoms with Gasteiger partial charge >= 0.3 is 0 Å². The molecule has 0 aromatic heterocycles. The summed E-state index contributed by atoms with van der Waals surface area (Å²) in [7, 11) is 0. The summed E-state index contributed by atoms with van der Waals surface area (Å²) in [5, 5.41) is 0. The lowest BCUT2D eigenvalue weighted by molar-refractivity contribution is 0.381. The second kappa shape index (κ2) is 7.19. The van der Waals surface area contributed by atoms with Gasteiger partial charge in [-0.25, -0.2) is 0 Å². The maximum absolute atomic E-state index is 4.73. The van der Waals surface area contributed by atoms with E-state index in [0.29, 0.717) is 5.92 Å². The number of aliphatic imine (C=N–C) groups is 1. The van der Waals surface area contributed by atoms with E-state index in [4.69, 9.17) is 4.99 Å². The van der Waals surface area contributed by atoms with Crippen molar-refractivity contribution >= 4 is 33.5 Å². The van der Waals surface area contributed by atoms with Gasteiger partial charge in [-0.2, -0.15) is 0 Å². The lowest BCUT2D eigenvalue weighted by Gasteiger charge is -2.47. The largest absolute Gasteiger partial charge is 0.366 e. The molecule has 1 atom stereocenters.